The fourth-order valence-electron chi connectivity index (χ4n) is 1.35. The molecule has 0 atom stereocenters. The molecule has 0 amide bonds. The number of thiophene rings is 1. The molecule has 1 aromatic carbocycles. The molecule has 0 saturated heterocycles. The molecule has 2 nitrogen and oxygen atoms in total. The van der Waals surface area contributed by atoms with E-state index in [1.807, 2.05) is 12.1 Å². The molecule has 4 heteroatoms. The van der Waals surface area contributed by atoms with Crippen LogP contribution in [0.25, 0.3) is 10.1 Å². The predicted molar refractivity (Wildman–Crippen MR) is 61.5 cm³/mol. The average molecular weight is 271 g/mol. The summed E-state index contributed by atoms with van der Waals surface area (Å²) in [5.41, 5.74) is 0.389. The van der Waals surface area contributed by atoms with E-state index in [-0.39, 0.29) is 5.75 Å². The molecule has 1 N–H and O–H groups in total. The van der Waals surface area contributed by atoms with Gasteiger partial charge in [-0.15, -0.1) is 11.3 Å². The molecule has 2 aromatic rings. The molecular weight excluding hydrogens is 264 g/mol. The van der Waals surface area contributed by atoms with E-state index in [0.29, 0.717) is 11.8 Å². The van der Waals surface area contributed by atoms with Crippen molar-refractivity contribution in [1.82, 2.24) is 0 Å². The monoisotopic (exact) mass is 270 g/mol. The molecule has 0 saturated carbocycles. The quantitative estimate of drug-likeness (QED) is 0.672. The van der Waals surface area contributed by atoms with Gasteiger partial charge in [0.2, 0.25) is 0 Å². The van der Waals surface area contributed by atoms with Gasteiger partial charge in [-0.3, -0.25) is 4.79 Å². The molecule has 0 aliphatic rings. The van der Waals surface area contributed by atoms with Gasteiger partial charge in [0.25, 0.3) is 0 Å². The molecule has 0 bridgehead atoms. The van der Waals surface area contributed by atoms with Crippen molar-refractivity contribution in [3.8, 4) is 5.75 Å². The number of aromatic hydroxyl groups is 1. The van der Waals surface area contributed by atoms with E-state index in [2.05, 4.69) is 15.9 Å². The molecule has 0 radical (unpaired) electrons. The minimum Gasteiger partial charge on any atom is -0.507 e. The van der Waals surface area contributed by atoms with Gasteiger partial charge in [0.1, 0.15) is 5.75 Å². The molecule has 0 aliphatic carbocycles. The Kier molecular flexibility index (Phi) is 2.56. The zero-order valence-corrected chi connectivity index (χ0v) is 9.56. The fraction of sp³-hybridized carbons (Fsp3) is 0.100. The number of hydrogen-bond acceptors (Lipinski definition) is 3. The van der Waals surface area contributed by atoms with Crippen molar-refractivity contribution in [2.45, 2.75) is 5.33 Å². The van der Waals surface area contributed by atoms with Crippen LogP contribution in [0.3, 0.4) is 0 Å². The average Bonchev–Trinajstić information content (AvgIpc) is 2.60. The summed E-state index contributed by atoms with van der Waals surface area (Å²) in [5, 5.41) is 11.2. The summed E-state index contributed by atoms with van der Waals surface area (Å²) in [7, 11) is 0. The lowest BCUT2D eigenvalue weighted by Gasteiger charge is -1.96. The minimum atomic E-state index is 0.0514. The number of phenolic OH excluding ortho intramolecular Hbond substituents is 1. The first-order chi connectivity index (χ1) is 6.76. The van der Waals surface area contributed by atoms with Crippen molar-refractivity contribution in [2.75, 3.05) is 0 Å². The predicted octanol–water partition coefficient (Wildman–Crippen LogP) is 3.31. The van der Waals surface area contributed by atoms with E-state index in [1.54, 1.807) is 6.07 Å². The van der Waals surface area contributed by atoms with Gasteiger partial charge in [-0.2, -0.15) is 0 Å². The van der Waals surface area contributed by atoms with Crippen LogP contribution >= 0.6 is 27.3 Å². The molecule has 0 fully saturated rings. The molecule has 0 unspecified atom stereocenters. The third kappa shape index (κ3) is 1.44. The first-order valence-electron chi connectivity index (χ1n) is 4.02. The third-order valence-electron chi connectivity index (χ3n) is 2.00. The maximum atomic E-state index is 10.8. The van der Waals surface area contributed by atoms with E-state index in [0.717, 1.165) is 20.3 Å². The number of carbonyl (C=O) groups excluding carboxylic acids is 1. The number of phenols is 1. The summed E-state index contributed by atoms with van der Waals surface area (Å²) >= 11 is 4.88. The van der Waals surface area contributed by atoms with Crippen LogP contribution in [0.2, 0.25) is 0 Å². The smallest absolute Gasteiger partial charge is 0.155 e. The molecule has 72 valence electrons. The van der Waals surface area contributed by atoms with Crippen LogP contribution in [-0.4, -0.2) is 11.4 Å². The van der Waals surface area contributed by atoms with Crippen molar-refractivity contribution in [3.63, 3.8) is 0 Å². The van der Waals surface area contributed by atoms with Crippen molar-refractivity contribution in [2.24, 2.45) is 0 Å². The second kappa shape index (κ2) is 3.71. The van der Waals surface area contributed by atoms with Gasteiger partial charge < -0.3 is 5.11 Å². The third-order valence-corrected chi connectivity index (χ3v) is 4.16. The zero-order valence-electron chi connectivity index (χ0n) is 7.16. The molecule has 2 rings (SSSR count). The van der Waals surface area contributed by atoms with E-state index in [1.165, 1.54) is 11.3 Å². The van der Waals surface area contributed by atoms with Crippen LogP contribution in [0.5, 0.6) is 5.75 Å². The number of alkyl halides is 1. The van der Waals surface area contributed by atoms with E-state index >= 15 is 0 Å². The highest BCUT2D eigenvalue weighted by atomic mass is 79.9. The lowest BCUT2D eigenvalue weighted by atomic mass is 10.1. The molecule has 0 spiro atoms. The van der Waals surface area contributed by atoms with Crippen LogP contribution in [0.4, 0.5) is 0 Å². The number of aldehydes is 1. The van der Waals surface area contributed by atoms with E-state index < -0.39 is 0 Å². The van der Waals surface area contributed by atoms with Crippen molar-refractivity contribution < 1.29 is 9.90 Å². The van der Waals surface area contributed by atoms with E-state index in [4.69, 9.17) is 0 Å². The topological polar surface area (TPSA) is 37.3 Å². The maximum Gasteiger partial charge on any atom is 0.155 e. The second-order valence-electron chi connectivity index (χ2n) is 2.88. The number of benzene rings is 1. The van der Waals surface area contributed by atoms with Gasteiger partial charge in [0.15, 0.2) is 6.29 Å². The summed E-state index contributed by atoms with van der Waals surface area (Å²) in [5.74, 6) is 0.0514. The van der Waals surface area contributed by atoms with Crippen molar-refractivity contribution >= 4 is 43.6 Å². The molecule has 14 heavy (non-hydrogen) atoms. The summed E-state index contributed by atoms with van der Waals surface area (Å²) < 4.78 is 0.856. The maximum absolute atomic E-state index is 10.8. The Balaban J connectivity index is 2.79. The Morgan fingerprint density at radius 3 is 2.93 bits per heavy atom. The number of carbonyl (C=O) groups is 1. The Labute approximate surface area is 93.3 Å². The largest absolute Gasteiger partial charge is 0.507 e. The minimum absolute atomic E-state index is 0.0514. The number of halogens is 1. The highest BCUT2D eigenvalue weighted by molar-refractivity contribution is 9.08. The Morgan fingerprint density at radius 2 is 2.29 bits per heavy atom. The zero-order chi connectivity index (χ0) is 10.1. The molecule has 0 aliphatic heterocycles. The Morgan fingerprint density at radius 1 is 1.50 bits per heavy atom. The van der Waals surface area contributed by atoms with Gasteiger partial charge in [0.05, 0.1) is 5.56 Å². The highest BCUT2D eigenvalue weighted by Crippen LogP contribution is 2.33. The van der Waals surface area contributed by atoms with Crippen LogP contribution in [0.15, 0.2) is 18.2 Å². The standard InChI is InChI=1S/C10H7BrO2S/c11-4-7-3-6-1-2-9(13)8(5-12)10(6)14-7/h1-3,5,13H,4H2. The van der Waals surface area contributed by atoms with E-state index in [9.17, 15) is 9.90 Å². The van der Waals surface area contributed by atoms with Gasteiger partial charge in [-0.1, -0.05) is 15.9 Å². The lowest BCUT2D eigenvalue weighted by Crippen LogP contribution is -1.80. The first-order valence-corrected chi connectivity index (χ1v) is 5.95. The van der Waals surface area contributed by atoms with Crippen LogP contribution < -0.4 is 0 Å². The van der Waals surface area contributed by atoms with Gasteiger partial charge in [-0.05, 0) is 23.6 Å². The Bertz CT molecular complexity index is 490. The van der Waals surface area contributed by atoms with Crippen LogP contribution in [0.1, 0.15) is 15.2 Å². The van der Waals surface area contributed by atoms with Gasteiger partial charge in [0, 0.05) is 14.9 Å². The number of rotatable bonds is 2. The second-order valence-corrected chi connectivity index (χ2v) is 4.58. The van der Waals surface area contributed by atoms with Gasteiger partial charge >= 0.3 is 0 Å². The number of hydrogen-bond donors (Lipinski definition) is 1. The van der Waals surface area contributed by atoms with Gasteiger partial charge in [-0.25, -0.2) is 0 Å². The van der Waals surface area contributed by atoms with Crippen molar-refractivity contribution in [3.05, 3.63) is 28.6 Å². The summed E-state index contributed by atoms with van der Waals surface area (Å²) in [6.45, 7) is 0. The first kappa shape index (κ1) is 9.68. The normalized spacial score (nSPS) is 10.6. The van der Waals surface area contributed by atoms with Crippen LogP contribution in [0, 0.1) is 0 Å². The summed E-state index contributed by atoms with van der Waals surface area (Å²) in [6, 6.07) is 5.39. The Hall–Kier alpha value is -0.870. The van der Waals surface area contributed by atoms with Crippen LogP contribution in [-0.2, 0) is 5.33 Å². The van der Waals surface area contributed by atoms with Crippen molar-refractivity contribution in [1.29, 1.82) is 0 Å². The summed E-state index contributed by atoms with van der Waals surface area (Å²) in [4.78, 5) is 11.9. The molecular formula is C10H7BrO2S. The highest BCUT2D eigenvalue weighted by Gasteiger charge is 2.09. The number of fused-ring (bicyclic) bond motifs is 1. The SMILES string of the molecule is O=Cc1c(O)ccc2cc(CBr)sc12. The fourth-order valence-corrected chi connectivity index (χ4v) is 2.86. The molecule has 1 heterocycles. The lowest BCUT2D eigenvalue weighted by molar-refractivity contribution is 0.112. The summed E-state index contributed by atoms with van der Waals surface area (Å²) in [6.07, 6.45) is 0.701. The molecule has 1 aromatic heterocycles.